The first-order chi connectivity index (χ1) is 10.8. The Morgan fingerprint density at radius 1 is 1.32 bits per heavy atom. The van der Waals surface area contributed by atoms with Gasteiger partial charge in [0.25, 0.3) is 0 Å². The maximum absolute atomic E-state index is 9.94. The van der Waals surface area contributed by atoms with Crippen LogP contribution < -0.4 is 10.1 Å². The van der Waals surface area contributed by atoms with E-state index in [2.05, 4.69) is 27.7 Å². The second kappa shape index (κ2) is 7.13. The molecule has 2 N–H and O–H groups in total. The smallest absolute Gasteiger partial charge is 0.161 e. The molecule has 1 fully saturated rings. The lowest BCUT2D eigenvalue weighted by Gasteiger charge is -2.35. The second-order valence-electron chi connectivity index (χ2n) is 5.36. The summed E-state index contributed by atoms with van der Waals surface area (Å²) < 4.78 is 5.55. The lowest BCUT2D eigenvalue weighted by molar-refractivity contribution is 0.200. The van der Waals surface area contributed by atoms with E-state index in [1.54, 1.807) is 17.4 Å². The molecule has 1 aliphatic rings. The highest BCUT2D eigenvalue weighted by atomic mass is 32.1. The number of nitrogens with one attached hydrogen (secondary N) is 1. The van der Waals surface area contributed by atoms with Crippen molar-refractivity contribution in [3.8, 4) is 11.5 Å². The fourth-order valence-corrected chi connectivity index (χ4v) is 3.80. The average molecular weight is 318 g/mol. The third kappa shape index (κ3) is 3.27. The summed E-state index contributed by atoms with van der Waals surface area (Å²) in [6.07, 6.45) is 0. The topological polar surface area (TPSA) is 44.7 Å². The van der Waals surface area contributed by atoms with Crippen molar-refractivity contribution in [2.75, 3.05) is 32.8 Å². The zero-order valence-corrected chi connectivity index (χ0v) is 13.6. The van der Waals surface area contributed by atoms with Crippen molar-refractivity contribution in [2.24, 2.45) is 0 Å². The van der Waals surface area contributed by atoms with Crippen molar-refractivity contribution in [2.45, 2.75) is 13.0 Å². The molecule has 2 heterocycles. The number of nitrogens with zero attached hydrogens (tertiary/aromatic N) is 1. The molecular weight excluding hydrogens is 296 g/mol. The number of phenols is 1. The lowest BCUT2D eigenvalue weighted by atomic mass is 10.0. The Balaban J connectivity index is 1.96. The molecule has 0 aliphatic carbocycles. The summed E-state index contributed by atoms with van der Waals surface area (Å²) in [6.45, 7) is 6.55. The minimum Gasteiger partial charge on any atom is -0.504 e. The van der Waals surface area contributed by atoms with Gasteiger partial charge < -0.3 is 15.2 Å². The van der Waals surface area contributed by atoms with Crippen LogP contribution in [-0.4, -0.2) is 42.8 Å². The first kappa shape index (κ1) is 15.3. The molecular formula is C17H22N2O2S. The zero-order chi connectivity index (χ0) is 15.4. The third-order valence-electron chi connectivity index (χ3n) is 3.93. The highest BCUT2D eigenvalue weighted by Gasteiger charge is 2.25. The summed E-state index contributed by atoms with van der Waals surface area (Å²) in [5, 5.41) is 15.5. The number of hydrogen-bond donors (Lipinski definition) is 2. The number of piperazine rings is 1. The maximum atomic E-state index is 9.94. The molecule has 0 radical (unpaired) electrons. The molecule has 0 amide bonds. The van der Waals surface area contributed by atoms with Gasteiger partial charge in [0.05, 0.1) is 12.6 Å². The Labute approximate surface area is 135 Å². The predicted octanol–water partition coefficient (Wildman–Crippen LogP) is 2.85. The van der Waals surface area contributed by atoms with Gasteiger partial charge >= 0.3 is 0 Å². The molecule has 5 heteroatoms. The van der Waals surface area contributed by atoms with Gasteiger partial charge in [-0.1, -0.05) is 12.1 Å². The van der Waals surface area contributed by atoms with E-state index >= 15 is 0 Å². The largest absolute Gasteiger partial charge is 0.504 e. The fraction of sp³-hybridized carbons (Fsp3) is 0.412. The number of phenolic OH excluding ortho intramolecular Hbond substituents is 1. The van der Waals surface area contributed by atoms with Gasteiger partial charge in [0.1, 0.15) is 0 Å². The van der Waals surface area contributed by atoms with E-state index < -0.39 is 0 Å². The number of thiophene rings is 1. The fourth-order valence-electron chi connectivity index (χ4n) is 2.91. The molecule has 4 nitrogen and oxygen atoms in total. The second-order valence-corrected chi connectivity index (χ2v) is 6.34. The van der Waals surface area contributed by atoms with Crippen LogP contribution in [0.4, 0.5) is 0 Å². The van der Waals surface area contributed by atoms with Gasteiger partial charge in [0.2, 0.25) is 0 Å². The molecule has 1 saturated heterocycles. The Morgan fingerprint density at radius 2 is 2.14 bits per heavy atom. The summed E-state index contributed by atoms with van der Waals surface area (Å²) in [4.78, 5) is 3.82. The molecule has 1 aromatic carbocycles. The highest BCUT2D eigenvalue weighted by molar-refractivity contribution is 7.10. The number of hydrogen-bond acceptors (Lipinski definition) is 5. The van der Waals surface area contributed by atoms with Crippen molar-refractivity contribution in [3.63, 3.8) is 0 Å². The Morgan fingerprint density at radius 3 is 2.82 bits per heavy atom. The van der Waals surface area contributed by atoms with Crippen LogP contribution in [0.5, 0.6) is 11.5 Å². The average Bonchev–Trinajstić information content (AvgIpc) is 3.06. The maximum Gasteiger partial charge on any atom is 0.161 e. The number of ether oxygens (including phenoxy) is 1. The van der Waals surface area contributed by atoms with Crippen molar-refractivity contribution in [3.05, 3.63) is 46.2 Å². The lowest BCUT2D eigenvalue weighted by Crippen LogP contribution is -2.45. The molecule has 1 atom stereocenters. The quantitative estimate of drug-likeness (QED) is 0.890. The van der Waals surface area contributed by atoms with Crippen LogP contribution in [0.15, 0.2) is 35.7 Å². The van der Waals surface area contributed by atoms with E-state index in [0.717, 1.165) is 26.2 Å². The summed E-state index contributed by atoms with van der Waals surface area (Å²) >= 11 is 1.78. The van der Waals surface area contributed by atoms with Crippen molar-refractivity contribution in [1.29, 1.82) is 0 Å². The minimum atomic E-state index is 0.204. The summed E-state index contributed by atoms with van der Waals surface area (Å²) in [6, 6.07) is 10.2. The molecule has 22 heavy (non-hydrogen) atoms. The van der Waals surface area contributed by atoms with Gasteiger partial charge in [-0.15, -0.1) is 11.3 Å². The highest BCUT2D eigenvalue weighted by Crippen LogP contribution is 2.36. The number of rotatable bonds is 5. The molecule has 1 aliphatic heterocycles. The third-order valence-corrected chi connectivity index (χ3v) is 4.85. The van der Waals surface area contributed by atoms with Gasteiger partial charge in [-0.05, 0) is 36.1 Å². The van der Waals surface area contributed by atoms with Gasteiger partial charge in [-0.2, -0.15) is 0 Å². The Hall–Kier alpha value is -1.56. The van der Waals surface area contributed by atoms with Gasteiger partial charge in [-0.3, -0.25) is 4.90 Å². The number of aromatic hydroxyl groups is 1. The zero-order valence-electron chi connectivity index (χ0n) is 12.8. The molecule has 0 saturated carbocycles. The summed E-state index contributed by atoms with van der Waals surface area (Å²) in [7, 11) is 0. The van der Waals surface area contributed by atoms with Crippen LogP contribution in [0.2, 0.25) is 0 Å². The van der Waals surface area contributed by atoms with Gasteiger partial charge in [0.15, 0.2) is 11.5 Å². The predicted molar refractivity (Wildman–Crippen MR) is 89.9 cm³/mol. The summed E-state index contributed by atoms with van der Waals surface area (Å²) in [5.41, 5.74) is 1.17. The van der Waals surface area contributed by atoms with E-state index in [9.17, 15) is 5.11 Å². The SMILES string of the molecule is CCOc1cc([C@H](c2cccs2)N2CCNCC2)ccc1O. The van der Waals surface area contributed by atoms with Crippen molar-refractivity contribution < 1.29 is 9.84 Å². The molecule has 1 aromatic heterocycles. The molecule has 0 spiro atoms. The van der Waals surface area contributed by atoms with Crippen LogP contribution in [0, 0.1) is 0 Å². The molecule has 0 unspecified atom stereocenters. The van der Waals surface area contributed by atoms with E-state index in [-0.39, 0.29) is 11.8 Å². The Bertz CT molecular complexity index is 595. The van der Waals surface area contributed by atoms with E-state index in [1.165, 1.54) is 10.4 Å². The van der Waals surface area contributed by atoms with Crippen LogP contribution in [0.3, 0.4) is 0 Å². The van der Waals surface area contributed by atoms with Gasteiger partial charge in [-0.25, -0.2) is 0 Å². The molecule has 3 rings (SSSR count). The van der Waals surface area contributed by atoms with E-state index in [0.29, 0.717) is 12.4 Å². The number of benzene rings is 1. The monoisotopic (exact) mass is 318 g/mol. The van der Waals surface area contributed by atoms with Crippen LogP contribution in [0.1, 0.15) is 23.4 Å². The Kier molecular flexibility index (Phi) is 4.97. The van der Waals surface area contributed by atoms with E-state index in [1.807, 2.05) is 19.1 Å². The standard InChI is InChI=1S/C17H22N2O2S/c1-2-21-15-12-13(5-6-14(15)20)17(16-4-3-11-22-16)19-9-7-18-8-10-19/h3-6,11-12,17-18,20H,2,7-10H2,1H3/t17-/m1/s1. The first-order valence-electron chi connectivity index (χ1n) is 7.73. The first-order valence-corrected chi connectivity index (χ1v) is 8.61. The van der Waals surface area contributed by atoms with Gasteiger partial charge in [0, 0.05) is 31.1 Å². The van der Waals surface area contributed by atoms with Crippen LogP contribution in [-0.2, 0) is 0 Å². The minimum absolute atomic E-state index is 0.204. The molecule has 2 aromatic rings. The van der Waals surface area contributed by atoms with Crippen molar-refractivity contribution in [1.82, 2.24) is 10.2 Å². The van der Waals surface area contributed by atoms with Crippen LogP contribution >= 0.6 is 11.3 Å². The van der Waals surface area contributed by atoms with Crippen LogP contribution in [0.25, 0.3) is 0 Å². The van der Waals surface area contributed by atoms with E-state index in [4.69, 9.17) is 4.74 Å². The van der Waals surface area contributed by atoms with Crippen molar-refractivity contribution >= 4 is 11.3 Å². The molecule has 0 bridgehead atoms. The summed E-state index contributed by atoms with van der Waals surface area (Å²) in [5.74, 6) is 0.771. The normalized spacial score (nSPS) is 17.3. The molecule has 118 valence electrons.